The van der Waals surface area contributed by atoms with Crippen LogP contribution in [0.4, 0.5) is 0 Å². The van der Waals surface area contributed by atoms with Crippen LogP contribution in [0, 0.1) is 11.3 Å². The van der Waals surface area contributed by atoms with E-state index in [1.807, 2.05) is 0 Å². The summed E-state index contributed by atoms with van der Waals surface area (Å²) in [6.45, 7) is 4.98. The van der Waals surface area contributed by atoms with Crippen molar-refractivity contribution in [3.63, 3.8) is 0 Å². The lowest BCUT2D eigenvalue weighted by molar-refractivity contribution is 0.178. The normalized spacial score (nSPS) is 45.0. The third kappa shape index (κ3) is 1.44. The predicted octanol–water partition coefficient (Wildman–Crippen LogP) is 2.18. The minimum atomic E-state index is 0.743. The highest BCUT2D eigenvalue weighted by molar-refractivity contribution is 4.90. The molecule has 1 spiro atoms. The second kappa shape index (κ2) is 2.78. The Labute approximate surface area is 69.6 Å². The van der Waals surface area contributed by atoms with Crippen LogP contribution in [0.1, 0.15) is 39.0 Å². The summed E-state index contributed by atoms with van der Waals surface area (Å²) in [6.07, 6.45) is 7.37. The van der Waals surface area contributed by atoms with Gasteiger partial charge >= 0.3 is 0 Å². The second-order valence-electron chi connectivity index (χ2n) is 4.61. The first-order chi connectivity index (χ1) is 5.31. The van der Waals surface area contributed by atoms with E-state index in [4.69, 9.17) is 0 Å². The highest BCUT2D eigenvalue weighted by Crippen LogP contribution is 2.42. The maximum absolute atomic E-state index is 3.50. The molecule has 0 aromatic carbocycles. The molecular weight excluding hydrogens is 134 g/mol. The Hall–Kier alpha value is -0.0400. The van der Waals surface area contributed by atoms with Gasteiger partial charge in [-0.2, -0.15) is 0 Å². The molecule has 1 heterocycles. The Kier molecular flexibility index (Phi) is 1.92. The van der Waals surface area contributed by atoms with Crippen molar-refractivity contribution in [3.8, 4) is 0 Å². The Morgan fingerprint density at radius 3 is 2.45 bits per heavy atom. The topological polar surface area (TPSA) is 12.0 Å². The summed E-state index contributed by atoms with van der Waals surface area (Å²) in [7, 11) is 0. The van der Waals surface area contributed by atoms with Crippen molar-refractivity contribution >= 4 is 0 Å². The van der Waals surface area contributed by atoms with Gasteiger partial charge in [0.2, 0.25) is 0 Å². The van der Waals surface area contributed by atoms with Crippen molar-refractivity contribution in [2.45, 2.75) is 39.0 Å². The average Bonchev–Trinajstić information content (AvgIpc) is 2.45. The average molecular weight is 153 g/mol. The summed E-state index contributed by atoms with van der Waals surface area (Å²) in [5, 5.41) is 3.50. The molecule has 1 saturated carbocycles. The van der Waals surface area contributed by atoms with E-state index in [1.54, 1.807) is 0 Å². The third-order valence-corrected chi connectivity index (χ3v) is 3.67. The fourth-order valence-corrected chi connectivity index (χ4v) is 2.60. The largest absolute Gasteiger partial charge is 0.316 e. The molecule has 0 aromatic heterocycles. The van der Waals surface area contributed by atoms with Crippen molar-refractivity contribution in [1.82, 2.24) is 5.32 Å². The van der Waals surface area contributed by atoms with Crippen LogP contribution in [0.15, 0.2) is 0 Å². The Morgan fingerprint density at radius 1 is 1.18 bits per heavy atom. The van der Waals surface area contributed by atoms with E-state index < -0.39 is 0 Å². The van der Waals surface area contributed by atoms with Crippen molar-refractivity contribution in [1.29, 1.82) is 0 Å². The quantitative estimate of drug-likeness (QED) is 0.562. The molecular formula is C10H19N. The molecule has 64 valence electrons. The van der Waals surface area contributed by atoms with Gasteiger partial charge in [-0.1, -0.05) is 19.8 Å². The first kappa shape index (κ1) is 7.60. The summed E-state index contributed by atoms with van der Waals surface area (Å²) >= 11 is 0. The van der Waals surface area contributed by atoms with Gasteiger partial charge in [-0.3, -0.25) is 0 Å². The summed E-state index contributed by atoms with van der Waals surface area (Å²) < 4.78 is 0. The van der Waals surface area contributed by atoms with Gasteiger partial charge in [0, 0.05) is 6.54 Å². The SMILES string of the molecule is C[C@H]1CC[C@@]2(CCNC2)CC1. The second-order valence-corrected chi connectivity index (χ2v) is 4.61. The molecule has 0 unspecified atom stereocenters. The minimum absolute atomic E-state index is 0.743. The molecule has 11 heavy (non-hydrogen) atoms. The van der Waals surface area contributed by atoms with Gasteiger partial charge in [-0.05, 0) is 37.1 Å². The maximum Gasteiger partial charge on any atom is 0.000829 e. The molecule has 1 aliphatic heterocycles. The van der Waals surface area contributed by atoms with Crippen molar-refractivity contribution < 1.29 is 0 Å². The smallest absolute Gasteiger partial charge is 0.000829 e. The van der Waals surface area contributed by atoms with Crippen LogP contribution in [0.3, 0.4) is 0 Å². The highest BCUT2D eigenvalue weighted by atomic mass is 14.9. The first-order valence-electron chi connectivity index (χ1n) is 5.02. The lowest BCUT2D eigenvalue weighted by Gasteiger charge is -2.35. The highest BCUT2D eigenvalue weighted by Gasteiger charge is 2.36. The zero-order chi connectivity index (χ0) is 7.73. The number of rotatable bonds is 0. The lowest BCUT2D eigenvalue weighted by Crippen LogP contribution is -2.28. The van der Waals surface area contributed by atoms with Crippen molar-refractivity contribution in [3.05, 3.63) is 0 Å². The van der Waals surface area contributed by atoms with Crippen molar-refractivity contribution in [2.75, 3.05) is 13.1 Å². The van der Waals surface area contributed by atoms with E-state index in [0.717, 1.165) is 11.3 Å². The van der Waals surface area contributed by atoms with E-state index in [2.05, 4.69) is 12.2 Å². The van der Waals surface area contributed by atoms with Crippen LogP contribution in [0.5, 0.6) is 0 Å². The van der Waals surface area contributed by atoms with Gasteiger partial charge in [0.25, 0.3) is 0 Å². The Bertz CT molecular complexity index is 126. The monoisotopic (exact) mass is 153 g/mol. The van der Waals surface area contributed by atoms with Crippen LogP contribution in [0.2, 0.25) is 0 Å². The molecule has 1 N–H and O–H groups in total. The van der Waals surface area contributed by atoms with Gasteiger partial charge in [-0.15, -0.1) is 0 Å². The molecule has 1 aliphatic carbocycles. The van der Waals surface area contributed by atoms with E-state index in [-0.39, 0.29) is 0 Å². The molecule has 1 heteroatoms. The molecule has 0 aromatic rings. The lowest BCUT2D eigenvalue weighted by atomic mass is 9.70. The fourth-order valence-electron chi connectivity index (χ4n) is 2.60. The molecule has 2 aliphatic rings. The molecule has 0 radical (unpaired) electrons. The van der Waals surface area contributed by atoms with Crippen molar-refractivity contribution in [2.24, 2.45) is 11.3 Å². The van der Waals surface area contributed by atoms with Gasteiger partial charge in [0.15, 0.2) is 0 Å². The Morgan fingerprint density at radius 2 is 1.91 bits per heavy atom. The Balaban J connectivity index is 1.94. The zero-order valence-corrected chi connectivity index (χ0v) is 7.53. The predicted molar refractivity (Wildman–Crippen MR) is 47.6 cm³/mol. The number of hydrogen-bond acceptors (Lipinski definition) is 1. The van der Waals surface area contributed by atoms with E-state index in [9.17, 15) is 0 Å². The summed E-state index contributed by atoms with van der Waals surface area (Å²) in [5.74, 6) is 1.00. The van der Waals surface area contributed by atoms with Gasteiger partial charge in [0.1, 0.15) is 0 Å². The zero-order valence-electron chi connectivity index (χ0n) is 7.53. The van der Waals surface area contributed by atoms with E-state index >= 15 is 0 Å². The molecule has 2 fully saturated rings. The molecule has 2 rings (SSSR count). The molecule has 0 atom stereocenters. The van der Waals surface area contributed by atoms with Crippen LogP contribution < -0.4 is 5.32 Å². The third-order valence-electron chi connectivity index (χ3n) is 3.67. The van der Waals surface area contributed by atoms with E-state index in [1.165, 1.54) is 45.2 Å². The molecule has 0 amide bonds. The molecule has 1 nitrogen and oxygen atoms in total. The summed E-state index contributed by atoms with van der Waals surface area (Å²) in [4.78, 5) is 0. The van der Waals surface area contributed by atoms with Crippen LogP contribution in [-0.2, 0) is 0 Å². The maximum atomic E-state index is 3.50. The summed E-state index contributed by atoms with van der Waals surface area (Å²) in [5.41, 5.74) is 0.743. The summed E-state index contributed by atoms with van der Waals surface area (Å²) in [6, 6.07) is 0. The number of nitrogens with one attached hydrogen (secondary N) is 1. The molecule has 0 bridgehead atoms. The standard InChI is InChI=1S/C10H19N/c1-9-2-4-10(5-3-9)6-7-11-8-10/h9,11H,2-8H2,1H3/t9-,10-. The minimum Gasteiger partial charge on any atom is -0.316 e. The van der Waals surface area contributed by atoms with Gasteiger partial charge < -0.3 is 5.32 Å². The van der Waals surface area contributed by atoms with Crippen LogP contribution in [0.25, 0.3) is 0 Å². The fraction of sp³-hybridized carbons (Fsp3) is 1.00. The van der Waals surface area contributed by atoms with Crippen LogP contribution >= 0.6 is 0 Å². The van der Waals surface area contributed by atoms with E-state index in [0.29, 0.717) is 0 Å². The van der Waals surface area contributed by atoms with Gasteiger partial charge in [-0.25, -0.2) is 0 Å². The van der Waals surface area contributed by atoms with Gasteiger partial charge in [0.05, 0.1) is 0 Å². The van der Waals surface area contributed by atoms with Crippen LogP contribution in [-0.4, -0.2) is 13.1 Å². The number of hydrogen-bond donors (Lipinski definition) is 1. The molecule has 1 saturated heterocycles. The first-order valence-corrected chi connectivity index (χ1v) is 5.02.